The summed E-state index contributed by atoms with van der Waals surface area (Å²) in [6, 6.07) is 20.4. The van der Waals surface area contributed by atoms with Crippen molar-refractivity contribution in [3.05, 3.63) is 93.1 Å². The summed E-state index contributed by atoms with van der Waals surface area (Å²) in [7, 11) is 0. The van der Waals surface area contributed by atoms with Crippen molar-refractivity contribution in [2.24, 2.45) is 0 Å². The Morgan fingerprint density at radius 1 is 0.938 bits per heavy atom. The Morgan fingerprint density at radius 2 is 1.66 bits per heavy atom. The first-order valence-corrected chi connectivity index (χ1v) is 12.0. The minimum atomic E-state index is -0.420. The molecule has 0 saturated carbocycles. The van der Waals surface area contributed by atoms with Crippen LogP contribution in [0.15, 0.2) is 72.1 Å². The number of amides is 2. The molecule has 1 atom stereocenters. The van der Waals surface area contributed by atoms with E-state index in [-0.39, 0.29) is 18.2 Å². The highest BCUT2D eigenvalue weighted by Crippen LogP contribution is 2.22. The maximum atomic E-state index is 13.1. The van der Waals surface area contributed by atoms with Crippen LogP contribution in [0.1, 0.15) is 33.3 Å². The lowest BCUT2D eigenvalue weighted by Crippen LogP contribution is -2.49. The van der Waals surface area contributed by atoms with Crippen LogP contribution in [-0.2, 0) is 11.3 Å². The number of piperazine rings is 1. The summed E-state index contributed by atoms with van der Waals surface area (Å²) in [5, 5.41) is 5.51. The minimum Gasteiger partial charge on any atom is -0.345 e. The van der Waals surface area contributed by atoms with Gasteiger partial charge in [-0.05, 0) is 29.1 Å². The molecule has 1 aliphatic heterocycles. The summed E-state index contributed by atoms with van der Waals surface area (Å²) in [5.41, 5.74) is 1.31. The smallest absolute Gasteiger partial charge is 0.253 e. The first-order valence-electron chi connectivity index (χ1n) is 10.7. The quantitative estimate of drug-likeness (QED) is 0.552. The van der Waals surface area contributed by atoms with Crippen molar-refractivity contribution >= 4 is 34.8 Å². The van der Waals surface area contributed by atoms with Crippen molar-refractivity contribution in [2.45, 2.75) is 19.0 Å². The first-order chi connectivity index (χ1) is 15.6. The third-order valence-corrected chi connectivity index (χ3v) is 6.88. The molecule has 2 aromatic carbocycles. The topological polar surface area (TPSA) is 52.7 Å². The van der Waals surface area contributed by atoms with E-state index in [0.717, 1.165) is 25.2 Å². The van der Waals surface area contributed by atoms with Crippen molar-refractivity contribution in [1.82, 2.24) is 15.1 Å². The molecule has 0 aliphatic carbocycles. The Kier molecular flexibility index (Phi) is 7.58. The second-order valence-electron chi connectivity index (χ2n) is 7.86. The second kappa shape index (κ2) is 10.8. The number of carbonyl (C=O) groups is 2. The number of benzene rings is 2. The number of halogens is 1. The molecule has 1 unspecified atom stereocenters. The van der Waals surface area contributed by atoms with Crippen molar-refractivity contribution < 1.29 is 9.59 Å². The second-order valence-corrected chi connectivity index (χ2v) is 9.30. The van der Waals surface area contributed by atoms with Gasteiger partial charge in [0.25, 0.3) is 5.91 Å². The highest BCUT2D eigenvalue weighted by Gasteiger charge is 2.26. The van der Waals surface area contributed by atoms with Crippen LogP contribution in [0.4, 0.5) is 0 Å². The molecule has 7 heteroatoms. The highest BCUT2D eigenvalue weighted by molar-refractivity contribution is 7.09. The third-order valence-electron chi connectivity index (χ3n) is 5.69. The average Bonchev–Trinajstić information content (AvgIpc) is 3.33. The average molecular weight is 468 g/mol. The number of hydrogen-bond donors (Lipinski definition) is 1. The van der Waals surface area contributed by atoms with Gasteiger partial charge in [0.15, 0.2) is 0 Å². The molecule has 0 radical (unpaired) electrons. The fraction of sp³-hybridized carbons (Fsp3) is 0.280. The van der Waals surface area contributed by atoms with Crippen LogP contribution in [0.5, 0.6) is 0 Å². The molecule has 1 fully saturated rings. The van der Waals surface area contributed by atoms with Gasteiger partial charge in [-0.25, -0.2) is 0 Å². The zero-order valence-corrected chi connectivity index (χ0v) is 19.3. The van der Waals surface area contributed by atoms with Crippen LogP contribution in [0.25, 0.3) is 0 Å². The van der Waals surface area contributed by atoms with E-state index in [0.29, 0.717) is 23.7 Å². The molecular weight excluding hydrogens is 442 g/mol. The summed E-state index contributed by atoms with van der Waals surface area (Å²) < 4.78 is 0. The van der Waals surface area contributed by atoms with Crippen LogP contribution in [0, 0.1) is 0 Å². The van der Waals surface area contributed by atoms with Gasteiger partial charge < -0.3 is 10.2 Å². The molecule has 2 amide bonds. The van der Waals surface area contributed by atoms with E-state index in [4.69, 9.17) is 11.6 Å². The molecule has 0 spiro atoms. The lowest BCUT2D eigenvalue weighted by atomic mass is 10.0. The largest absolute Gasteiger partial charge is 0.345 e. The van der Waals surface area contributed by atoms with E-state index in [2.05, 4.69) is 27.7 Å². The summed E-state index contributed by atoms with van der Waals surface area (Å²) in [4.78, 5) is 31.6. The molecule has 1 saturated heterocycles. The number of nitrogens with one attached hydrogen (secondary N) is 1. The number of thiophene rings is 1. The van der Waals surface area contributed by atoms with Gasteiger partial charge >= 0.3 is 0 Å². The molecule has 5 nitrogen and oxygen atoms in total. The molecular formula is C25H26ClN3O2S. The predicted octanol–water partition coefficient (Wildman–Crippen LogP) is 4.61. The minimum absolute atomic E-state index is 0.0501. The summed E-state index contributed by atoms with van der Waals surface area (Å²) in [6.07, 6.45) is 0.213. The van der Waals surface area contributed by atoms with Gasteiger partial charge in [0.05, 0.1) is 23.0 Å². The summed E-state index contributed by atoms with van der Waals surface area (Å²) >= 11 is 7.96. The van der Waals surface area contributed by atoms with Gasteiger partial charge in [-0.3, -0.25) is 14.5 Å². The van der Waals surface area contributed by atoms with Crippen molar-refractivity contribution in [3.63, 3.8) is 0 Å². The van der Waals surface area contributed by atoms with E-state index in [9.17, 15) is 9.59 Å². The fourth-order valence-electron chi connectivity index (χ4n) is 3.90. The maximum absolute atomic E-state index is 13.1. The predicted molar refractivity (Wildman–Crippen MR) is 129 cm³/mol. The van der Waals surface area contributed by atoms with Crippen molar-refractivity contribution in [1.29, 1.82) is 0 Å². The maximum Gasteiger partial charge on any atom is 0.253 e. The third kappa shape index (κ3) is 5.76. The molecule has 2 heterocycles. The molecule has 0 bridgehead atoms. The van der Waals surface area contributed by atoms with Gasteiger partial charge in [0.1, 0.15) is 0 Å². The number of nitrogens with zero attached hydrogens (tertiary/aromatic N) is 2. The van der Waals surface area contributed by atoms with E-state index in [1.165, 1.54) is 4.88 Å². The standard InChI is InChI=1S/C25H26ClN3O2S/c26-22-11-5-4-10-21(22)25(31)27-23(19-7-2-1-3-8-19)17-24(30)29-14-12-28(13-15-29)18-20-9-6-16-32-20/h1-11,16,23H,12-15,17-18H2,(H,27,31). The van der Waals surface area contributed by atoms with Gasteiger partial charge in [-0.2, -0.15) is 0 Å². The molecule has 32 heavy (non-hydrogen) atoms. The first kappa shape index (κ1) is 22.5. The van der Waals surface area contributed by atoms with Crippen molar-refractivity contribution in [2.75, 3.05) is 26.2 Å². The lowest BCUT2D eigenvalue weighted by molar-refractivity contribution is -0.133. The van der Waals surface area contributed by atoms with Gasteiger partial charge in [-0.15, -0.1) is 11.3 Å². The van der Waals surface area contributed by atoms with E-state index in [1.54, 1.807) is 35.6 Å². The SMILES string of the molecule is O=C(NC(CC(=O)N1CCN(Cc2cccs2)CC1)c1ccccc1)c1ccccc1Cl. The Balaban J connectivity index is 1.39. The Bertz CT molecular complexity index is 1030. The molecule has 4 rings (SSSR count). The summed E-state index contributed by atoms with van der Waals surface area (Å²) in [6.45, 7) is 4.03. The zero-order valence-electron chi connectivity index (χ0n) is 17.7. The van der Waals surface area contributed by atoms with Gasteiger partial charge in [-0.1, -0.05) is 60.1 Å². The zero-order chi connectivity index (χ0) is 22.3. The number of hydrogen-bond acceptors (Lipinski definition) is 4. The van der Waals surface area contributed by atoms with Crippen molar-refractivity contribution in [3.8, 4) is 0 Å². The van der Waals surface area contributed by atoms with Crippen LogP contribution in [0.2, 0.25) is 5.02 Å². The van der Waals surface area contributed by atoms with Gasteiger partial charge in [0, 0.05) is 37.6 Å². The highest BCUT2D eigenvalue weighted by atomic mass is 35.5. The summed E-state index contributed by atoms with van der Waals surface area (Å²) in [5.74, 6) is -0.230. The normalized spacial score (nSPS) is 15.3. The Hall–Kier alpha value is -2.67. The fourth-order valence-corrected chi connectivity index (χ4v) is 4.87. The molecule has 166 valence electrons. The van der Waals surface area contributed by atoms with Crippen LogP contribution >= 0.6 is 22.9 Å². The van der Waals surface area contributed by atoms with E-state index < -0.39 is 6.04 Å². The Labute approximate surface area is 197 Å². The van der Waals surface area contributed by atoms with Gasteiger partial charge in [0.2, 0.25) is 5.91 Å². The molecule has 1 N–H and O–H groups in total. The molecule has 1 aliphatic rings. The molecule has 3 aromatic rings. The monoisotopic (exact) mass is 467 g/mol. The molecule has 1 aromatic heterocycles. The van der Waals surface area contributed by atoms with Crippen LogP contribution < -0.4 is 5.32 Å². The van der Waals surface area contributed by atoms with Crippen LogP contribution in [-0.4, -0.2) is 47.8 Å². The number of rotatable bonds is 7. The van der Waals surface area contributed by atoms with E-state index in [1.807, 2.05) is 35.2 Å². The Morgan fingerprint density at radius 3 is 2.34 bits per heavy atom. The lowest BCUT2D eigenvalue weighted by Gasteiger charge is -2.35. The van der Waals surface area contributed by atoms with Crippen LogP contribution in [0.3, 0.4) is 0 Å². The van der Waals surface area contributed by atoms with E-state index >= 15 is 0 Å². The number of carbonyl (C=O) groups excluding carboxylic acids is 2.